The summed E-state index contributed by atoms with van der Waals surface area (Å²) in [4.78, 5) is 11.5. The minimum Gasteiger partial charge on any atom is -0.459 e. The lowest BCUT2D eigenvalue weighted by atomic mass is 9.82. The summed E-state index contributed by atoms with van der Waals surface area (Å²) in [5.41, 5.74) is 0. The molecule has 190 valence electrons. The number of carbonyl (C=O) groups excluding carboxylic acids is 1. The minimum absolute atomic E-state index is 0.101. The van der Waals surface area contributed by atoms with Gasteiger partial charge in [-0.25, -0.2) is 4.79 Å². The number of urea groups is 1. The number of carbonyl (C=O) groups is 1. The van der Waals surface area contributed by atoms with Crippen LogP contribution in [-0.4, -0.2) is 17.1 Å². The Hall–Kier alpha value is -1.47. The summed E-state index contributed by atoms with van der Waals surface area (Å²) in [6.45, 7) is 0. The maximum atomic E-state index is 13.1. The highest BCUT2D eigenvalue weighted by molar-refractivity contribution is 6.43. The van der Waals surface area contributed by atoms with Crippen LogP contribution >= 0.6 is 46.4 Å². The molecule has 10 heteroatoms. The van der Waals surface area contributed by atoms with Crippen LogP contribution in [0.5, 0.6) is 17.2 Å². The zero-order valence-corrected chi connectivity index (χ0v) is 22.2. The molecule has 6 nitrogen and oxygen atoms in total. The lowest BCUT2D eigenvalue weighted by Gasteiger charge is -2.42. The van der Waals surface area contributed by atoms with E-state index in [9.17, 15) is 4.79 Å². The Morgan fingerprint density at radius 1 is 0.971 bits per heavy atom. The molecule has 1 aromatic carbocycles. The van der Waals surface area contributed by atoms with E-state index in [0.717, 1.165) is 57.8 Å². The largest absolute Gasteiger partial charge is 0.459 e. The highest BCUT2D eigenvalue weighted by atomic mass is 35.5. The summed E-state index contributed by atoms with van der Waals surface area (Å²) < 4.78 is 18.2. The first kappa shape index (κ1) is 25.2. The molecule has 0 spiro atoms. The summed E-state index contributed by atoms with van der Waals surface area (Å²) in [6.07, 6.45) is 11.4. The number of fused-ring (bicyclic) bond motifs is 1. The van der Waals surface area contributed by atoms with Gasteiger partial charge in [-0.05, 0) is 37.8 Å². The highest BCUT2D eigenvalue weighted by Crippen LogP contribution is 2.61. The fourth-order valence-electron chi connectivity index (χ4n) is 5.40. The van der Waals surface area contributed by atoms with Crippen LogP contribution in [0.1, 0.15) is 70.0 Å². The summed E-state index contributed by atoms with van der Waals surface area (Å²) >= 11 is 26.9. The molecule has 1 aliphatic heterocycles. The van der Waals surface area contributed by atoms with Crippen molar-refractivity contribution < 1.29 is 18.7 Å². The van der Waals surface area contributed by atoms with E-state index in [1.165, 1.54) is 12.7 Å². The first-order valence-electron chi connectivity index (χ1n) is 12.2. The molecule has 0 radical (unpaired) electrons. The minimum atomic E-state index is -1.63. The Balaban J connectivity index is 1.46. The van der Waals surface area contributed by atoms with E-state index in [0.29, 0.717) is 10.8 Å². The van der Waals surface area contributed by atoms with Crippen LogP contribution < -0.4 is 20.1 Å². The van der Waals surface area contributed by atoms with Crippen LogP contribution in [0, 0.1) is 5.92 Å². The van der Waals surface area contributed by atoms with Crippen molar-refractivity contribution in [3.05, 3.63) is 40.3 Å². The normalized spacial score (nSPS) is 27.2. The van der Waals surface area contributed by atoms with Gasteiger partial charge in [0.1, 0.15) is 17.0 Å². The molecule has 3 aliphatic rings. The second-order valence-corrected chi connectivity index (χ2v) is 11.5. The maximum Gasteiger partial charge on any atom is 0.316 e. The van der Waals surface area contributed by atoms with Crippen LogP contribution in [0.25, 0.3) is 0 Å². The number of hydrogen-bond donors (Lipinski definition) is 2. The van der Waals surface area contributed by atoms with Gasteiger partial charge in [0, 0.05) is 12.0 Å². The first-order valence-corrected chi connectivity index (χ1v) is 13.7. The Kier molecular flexibility index (Phi) is 7.28. The lowest BCUT2D eigenvalue weighted by molar-refractivity contribution is 0.0389. The van der Waals surface area contributed by atoms with Crippen molar-refractivity contribution in [3.63, 3.8) is 0 Å². The number of nitrogens with one attached hydrogen (secondary N) is 2. The van der Waals surface area contributed by atoms with E-state index < -0.39 is 16.1 Å². The number of ether oxygens (including phenoxy) is 2. The third kappa shape index (κ3) is 4.68. The van der Waals surface area contributed by atoms with Gasteiger partial charge in [0.15, 0.2) is 5.76 Å². The third-order valence-corrected chi connectivity index (χ3v) is 9.35. The summed E-state index contributed by atoms with van der Waals surface area (Å²) in [7, 11) is 0. The van der Waals surface area contributed by atoms with Gasteiger partial charge in [0.2, 0.25) is 21.6 Å². The zero-order valence-electron chi connectivity index (χ0n) is 19.2. The summed E-state index contributed by atoms with van der Waals surface area (Å²) in [5, 5.41) is 5.11. The summed E-state index contributed by atoms with van der Waals surface area (Å²) in [6, 6.07) is 4.77. The molecule has 2 atom stereocenters. The fourth-order valence-corrected chi connectivity index (χ4v) is 6.56. The molecule has 2 N–H and O–H groups in total. The number of benzene rings is 1. The van der Waals surface area contributed by atoms with Crippen molar-refractivity contribution in [2.75, 3.05) is 0 Å². The number of halogens is 4. The molecule has 2 saturated carbocycles. The molecule has 1 unspecified atom stereocenters. The van der Waals surface area contributed by atoms with Gasteiger partial charge in [-0.3, -0.25) is 0 Å². The number of rotatable bonds is 5. The molecule has 2 aromatic rings. The highest BCUT2D eigenvalue weighted by Gasteiger charge is 2.67. The van der Waals surface area contributed by atoms with Gasteiger partial charge in [-0.15, -0.1) is 0 Å². The van der Waals surface area contributed by atoms with E-state index in [1.807, 2.05) is 0 Å². The molecule has 35 heavy (non-hydrogen) atoms. The quantitative estimate of drug-likeness (QED) is 0.284. The molecule has 0 bridgehead atoms. The molecular formula is C25H28Cl4N2O4. The van der Waals surface area contributed by atoms with Crippen LogP contribution in [0.2, 0.25) is 10.0 Å². The predicted molar refractivity (Wildman–Crippen MR) is 137 cm³/mol. The number of amides is 2. The standard InChI is InChI=1S/C25H28Cl4N2O4/c26-17-12-7-13-18(20(17)27)34-19-14-33-22-21(19)35-25(29,15-8-3-1-4-9-15)24(22,28)31-23(32)30-16-10-5-2-6-11-16/h7,12-16H,1-6,8-11H2,(H2,30,31,32)/t24-,25?/m1/s1. The molecule has 1 aromatic heterocycles. The number of furan rings is 1. The van der Waals surface area contributed by atoms with Crippen molar-refractivity contribution in [2.45, 2.75) is 80.3 Å². The van der Waals surface area contributed by atoms with Crippen molar-refractivity contribution in [1.82, 2.24) is 10.6 Å². The smallest absolute Gasteiger partial charge is 0.316 e. The first-order chi connectivity index (χ1) is 16.8. The van der Waals surface area contributed by atoms with Crippen molar-refractivity contribution in [1.29, 1.82) is 0 Å². The lowest BCUT2D eigenvalue weighted by Crippen LogP contribution is -2.61. The molecule has 2 fully saturated rings. The molecule has 2 heterocycles. The van der Waals surface area contributed by atoms with Gasteiger partial charge in [0.05, 0.1) is 5.02 Å². The maximum absolute atomic E-state index is 13.1. The second kappa shape index (κ2) is 10.1. The monoisotopic (exact) mass is 560 g/mol. The Morgan fingerprint density at radius 2 is 1.66 bits per heavy atom. The van der Waals surface area contributed by atoms with Crippen LogP contribution in [0.4, 0.5) is 4.79 Å². The Morgan fingerprint density at radius 3 is 2.37 bits per heavy atom. The topological polar surface area (TPSA) is 72.7 Å². The van der Waals surface area contributed by atoms with Crippen LogP contribution in [-0.2, 0) is 5.00 Å². The van der Waals surface area contributed by atoms with E-state index in [2.05, 4.69) is 10.6 Å². The second-order valence-electron chi connectivity index (χ2n) is 9.59. The van der Waals surface area contributed by atoms with Gasteiger partial charge in [-0.1, -0.05) is 91.0 Å². The predicted octanol–water partition coefficient (Wildman–Crippen LogP) is 8.31. The van der Waals surface area contributed by atoms with Gasteiger partial charge in [-0.2, -0.15) is 0 Å². The average Bonchev–Trinajstić information content (AvgIpc) is 3.34. The fraction of sp³-hybridized carbons (Fsp3) is 0.560. The number of hydrogen-bond acceptors (Lipinski definition) is 4. The molecule has 5 rings (SSSR count). The van der Waals surface area contributed by atoms with Gasteiger partial charge in [0.25, 0.3) is 0 Å². The van der Waals surface area contributed by atoms with E-state index in [-0.39, 0.29) is 34.2 Å². The summed E-state index contributed by atoms with van der Waals surface area (Å²) in [5.74, 6) is 0.929. The van der Waals surface area contributed by atoms with Crippen molar-refractivity contribution in [2.24, 2.45) is 5.92 Å². The van der Waals surface area contributed by atoms with Gasteiger partial charge < -0.3 is 24.5 Å². The van der Waals surface area contributed by atoms with Crippen LogP contribution in [0.3, 0.4) is 0 Å². The van der Waals surface area contributed by atoms with Gasteiger partial charge >= 0.3 is 6.03 Å². The molecule has 2 amide bonds. The van der Waals surface area contributed by atoms with E-state index >= 15 is 0 Å². The average molecular weight is 562 g/mol. The van der Waals surface area contributed by atoms with Crippen molar-refractivity contribution in [3.8, 4) is 17.2 Å². The van der Waals surface area contributed by atoms with Crippen LogP contribution in [0.15, 0.2) is 28.9 Å². The third-order valence-electron chi connectivity index (χ3n) is 7.24. The Bertz CT molecular complexity index is 1080. The SMILES string of the molecule is O=C(NC1CCCCC1)N[C@]1(Cl)c2occ(Oc3cccc(Cl)c3Cl)c2OC1(Cl)C1CCCCC1. The van der Waals surface area contributed by atoms with E-state index in [1.54, 1.807) is 18.2 Å². The zero-order chi connectivity index (χ0) is 24.6. The molecule has 0 saturated heterocycles. The van der Waals surface area contributed by atoms with E-state index in [4.69, 9.17) is 60.3 Å². The molecule has 2 aliphatic carbocycles. The molecular weight excluding hydrogens is 534 g/mol. The van der Waals surface area contributed by atoms with Crippen molar-refractivity contribution >= 4 is 52.4 Å². The Labute approximate surface area is 224 Å². The number of alkyl halides is 2.